The van der Waals surface area contributed by atoms with Gasteiger partial charge < -0.3 is 15.2 Å². The zero-order valence-corrected chi connectivity index (χ0v) is 18.3. The van der Waals surface area contributed by atoms with Crippen molar-refractivity contribution in [2.24, 2.45) is 0 Å². The minimum absolute atomic E-state index is 0.176. The van der Waals surface area contributed by atoms with E-state index in [1.165, 1.54) is 11.3 Å². The van der Waals surface area contributed by atoms with Crippen LogP contribution in [0.1, 0.15) is 41.3 Å². The van der Waals surface area contributed by atoms with Crippen LogP contribution in [0.2, 0.25) is 0 Å². The third kappa shape index (κ3) is 3.52. The first-order valence-corrected chi connectivity index (χ1v) is 10.7. The van der Waals surface area contributed by atoms with E-state index < -0.39 is 5.60 Å². The Balaban J connectivity index is 1.48. The zero-order chi connectivity index (χ0) is 21.5. The van der Waals surface area contributed by atoms with Crippen molar-refractivity contribution in [2.45, 2.75) is 52.7 Å². The van der Waals surface area contributed by atoms with Gasteiger partial charge in [-0.3, -0.25) is 14.8 Å². The molecule has 8 heteroatoms. The monoisotopic (exact) mass is 424 g/mol. The first kappa shape index (κ1) is 20.3. The lowest BCUT2D eigenvalue weighted by atomic mass is 9.86. The summed E-state index contributed by atoms with van der Waals surface area (Å²) in [6.45, 7) is 7.80. The number of hydrogen-bond donors (Lipinski definition) is 2. The highest BCUT2D eigenvalue weighted by atomic mass is 32.1. The average Bonchev–Trinajstić information content (AvgIpc) is 3.24. The highest BCUT2D eigenvalue weighted by Gasteiger charge is 2.40. The quantitative estimate of drug-likeness (QED) is 0.664. The summed E-state index contributed by atoms with van der Waals surface area (Å²) in [6, 6.07) is 0. The molecule has 0 saturated heterocycles. The maximum absolute atomic E-state index is 13.0. The molecule has 30 heavy (non-hydrogen) atoms. The number of ether oxygens (including phenoxy) is 1. The van der Waals surface area contributed by atoms with E-state index in [9.17, 15) is 9.90 Å². The lowest BCUT2D eigenvalue weighted by Gasteiger charge is -2.36. The van der Waals surface area contributed by atoms with Crippen molar-refractivity contribution >= 4 is 17.2 Å². The molecule has 1 unspecified atom stereocenters. The molecule has 3 heterocycles. The van der Waals surface area contributed by atoms with Crippen molar-refractivity contribution in [2.75, 3.05) is 0 Å². The van der Waals surface area contributed by atoms with Crippen molar-refractivity contribution < 1.29 is 14.6 Å². The number of nitrogens with zero attached hydrogens (tertiary/aromatic N) is 3. The summed E-state index contributed by atoms with van der Waals surface area (Å²) in [6.07, 6.45) is 6.12. The van der Waals surface area contributed by atoms with Crippen molar-refractivity contribution in [1.29, 1.82) is 0 Å². The molecular weight excluding hydrogens is 400 g/mol. The summed E-state index contributed by atoms with van der Waals surface area (Å²) >= 11 is 1.47. The second-order valence-corrected chi connectivity index (χ2v) is 8.64. The van der Waals surface area contributed by atoms with Gasteiger partial charge in [0.1, 0.15) is 22.2 Å². The standard InChI is InChI=1S/C22H24N4O3S/c1-12-13(2)19-16(14(3)18(12)27)5-6-22(4,29-19)21(28)25-9-15-11-30-20(26-15)17-10-23-7-8-24-17/h7-8,10-11,27H,5-6,9H2,1-4H3,(H,25,28). The number of carbonyl (C=O) groups excluding carboxylic acids is 1. The lowest BCUT2D eigenvalue weighted by Crippen LogP contribution is -2.50. The molecule has 1 atom stereocenters. The van der Waals surface area contributed by atoms with Gasteiger partial charge in [-0.1, -0.05) is 0 Å². The van der Waals surface area contributed by atoms with Crippen LogP contribution in [0.15, 0.2) is 24.0 Å². The van der Waals surface area contributed by atoms with Gasteiger partial charge in [0.2, 0.25) is 0 Å². The summed E-state index contributed by atoms with van der Waals surface area (Å²) in [5.41, 5.74) is 3.97. The molecule has 0 saturated carbocycles. The van der Waals surface area contributed by atoms with Crippen molar-refractivity contribution in [3.8, 4) is 22.2 Å². The van der Waals surface area contributed by atoms with Gasteiger partial charge in [0, 0.05) is 29.8 Å². The van der Waals surface area contributed by atoms with Crippen LogP contribution in [-0.2, 0) is 17.8 Å². The van der Waals surface area contributed by atoms with Crippen LogP contribution in [0, 0.1) is 20.8 Å². The Morgan fingerprint density at radius 2 is 2.07 bits per heavy atom. The second kappa shape index (κ2) is 7.68. The number of aromatic nitrogens is 3. The molecule has 2 aromatic heterocycles. The molecule has 0 spiro atoms. The minimum atomic E-state index is -0.975. The number of hydrogen-bond acceptors (Lipinski definition) is 7. The Labute approximate surface area is 179 Å². The lowest BCUT2D eigenvalue weighted by molar-refractivity contribution is -0.137. The molecular formula is C22H24N4O3S. The van der Waals surface area contributed by atoms with Gasteiger partial charge in [-0.25, -0.2) is 4.98 Å². The third-order valence-electron chi connectivity index (χ3n) is 5.76. The Morgan fingerprint density at radius 3 is 2.80 bits per heavy atom. The fourth-order valence-electron chi connectivity index (χ4n) is 3.68. The SMILES string of the molecule is Cc1c(C)c2c(c(C)c1O)CCC(C)(C(=O)NCc1csc(-c3cnccn3)n1)O2. The Morgan fingerprint density at radius 1 is 1.27 bits per heavy atom. The molecule has 1 aliphatic heterocycles. The maximum Gasteiger partial charge on any atom is 0.264 e. The first-order chi connectivity index (χ1) is 14.3. The van der Waals surface area contributed by atoms with Crippen LogP contribution >= 0.6 is 11.3 Å². The van der Waals surface area contributed by atoms with E-state index in [1.54, 1.807) is 18.6 Å². The van der Waals surface area contributed by atoms with Crippen molar-refractivity contribution in [3.63, 3.8) is 0 Å². The van der Waals surface area contributed by atoms with Crippen LogP contribution in [-0.4, -0.2) is 31.6 Å². The topological polar surface area (TPSA) is 97.2 Å². The Bertz CT molecular complexity index is 1110. The molecule has 7 nitrogen and oxygen atoms in total. The van der Waals surface area contributed by atoms with Crippen molar-refractivity contribution in [3.05, 3.63) is 51.9 Å². The molecule has 0 aliphatic carbocycles. The van der Waals surface area contributed by atoms with Crippen LogP contribution in [0.5, 0.6) is 11.5 Å². The largest absolute Gasteiger partial charge is 0.507 e. The van der Waals surface area contributed by atoms with Gasteiger partial charge >= 0.3 is 0 Å². The number of fused-ring (bicyclic) bond motifs is 1. The molecule has 156 valence electrons. The maximum atomic E-state index is 13.0. The van der Waals surface area contributed by atoms with E-state index in [0.717, 1.165) is 33.0 Å². The molecule has 0 radical (unpaired) electrons. The van der Waals surface area contributed by atoms with Gasteiger partial charge in [-0.15, -0.1) is 11.3 Å². The van der Waals surface area contributed by atoms with Gasteiger partial charge in [0.15, 0.2) is 5.60 Å². The molecule has 2 N–H and O–H groups in total. The molecule has 4 rings (SSSR count). The molecule has 0 bridgehead atoms. The van der Waals surface area contributed by atoms with Gasteiger partial charge in [0.05, 0.1) is 18.4 Å². The van der Waals surface area contributed by atoms with Crippen LogP contribution in [0.3, 0.4) is 0 Å². The fraction of sp³-hybridized carbons (Fsp3) is 0.364. The summed E-state index contributed by atoms with van der Waals surface area (Å²) < 4.78 is 6.23. The van der Waals surface area contributed by atoms with Gasteiger partial charge in [0.25, 0.3) is 5.91 Å². The molecule has 0 fully saturated rings. The van der Waals surface area contributed by atoms with E-state index >= 15 is 0 Å². The Kier molecular flexibility index (Phi) is 5.19. The second-order valence-electron chi connectivity index (χ2n) is 7.78. The van der Waals surface area contributed by atoms with Crippen molar-refractivity contribution in [1.82, 2.24) is 20.3 Å². The number of nitrogens with one attached hydrogen (secondary N) is 1. The number of thiazole rings is 1. The van der Waals surface area contributed by atoms with E-state index in [-0.39, 0.29) is 5.91 Å². The average molecular weight is 425 g/mol. The summed E-state index contributed by atoms with van der Waals surface area (Å²) in [5.74, 6) is 0.848. The first-order valence-electron chi connectivity index (χ1n) is 9.80. The summed E-state index contributed by atoms with van der Waals surface area (Å²) in [7, 11) is 0. The highest BCUT2D eigenvalue weighted by molar-refractivity contribution is 7.13. The minimum Gasteiger partial charge on any atom is -0.507 e. The number of phenolic OH excluding ortho intramolecular Hbond substituents is 1. The number of benzene rings is 1. The van der Waals surface area contributed by atoms with E-state index in [0.29, 0.717) is 36.6 Å². The fourth-order valence-corrected chi connectivity index (χ4v) is 4.46. The third-order valence-corrected chi connectivity index (χ3v) is 6.68. The summed E-state index contributed by atoms with van der Waals surface area (Å²) in [5, 5.41) is 16.0. The number of amides is 1. The van der Waals surface area contributed by atoms with E-state index in [4.69, 9.17) is 4.74 Å². The van der Waals surface area contributed by atoms with Crippen LogP contribution in [0.25, 0.3) is 10.7 Å². The molecule has 1 amide bonds. The number of aromatic hydroxyl groups is 1. The number of rotatable bonds is 4. The number of phenols is 1. The highest BCUT2D eigenvalue weighted by Crippen LogP contribution is 2.43. The van der Waals surface area contributed by atoms with Crippen LogP contribution < -0.4 is 10.1 Å². The smallest absolute Gasteiger partial charge is 0.264 e. The molecule has 1 aromatic carbocycles. The van der Waals surface area contributed by atoms with Gasteiger partial charge in [-0.2, -0.15) is 0 Å². The normalized spacial score (nSPS) is 17.9. The van der Waals surface area contributed by atoms with Crippen LogP contribution in [0.4, 0.5) is 0 Å². The number of carbonyl (C=O) groups is 1. The van der Waals surface area contributed by atoms with Gasteiger partial charge in [-0.05, 0) is 50.8 Å². The zero-order valence-electron chi connectivity index (χ0n) is 17.4. The molecule has 1 aliphatic rings. The summed E-state index contributed by atoms with van der Waals surface area (Å²) in [4.78, 5) is 25.8. The Hall–Kier alpha value is -3.00. The predicted octanol–water partition coefficient (Wildman–Crippen LogP) is 3.63. The predicted molar refractivity (Wildman–Crippen MR) is 115 cm³/mol. The van der Waals surface area contributed by atoms with E-state index in [1.807, 2.05) is 33.1 Å². The molecule has 3 aromatic rings. The van der Waals surface area contributed by atoms with E-state index in [2.05, 4.69) is 20.3 Å².